The van der Waals surface area contributed by atoms with Gasteiger partial charge in [0.05, 0.1) is 16.0 Å². The van der Waals surface area contributed by atoms with Crippen LogP contribution in [0.15, 0.2) is 46.8 Å². The molecule has 0 aliphatic heterocycles. The zero-order chi connectivity index (χ0) is 15.5. The number of aryl methyl sites for hydroxylation is 1. The molecule has 0 saturated heterocycles. The van der Waals surface area contributed by atoms with E-state index in [0.717, 1.165) is 31.5 Å². The summed E-state index contributed by atoms with van der Waals surface area (Å²) in [6.45, 7) is 1.97. The Kier molecular flexibility index (Phi) is 4.31. The highest BCUT2D eigenvalue weighted by atomic mass is 32.2. The van der Waals surface area contributed by atoms with Crippen molar-refractivity contribution < 1.29 is 4.79 Å². The minimum absolute atomic E-state index is 0.0296. The van der Waals surface area contributed by atoms with E-state index >= 15 is 0 Å². The summed E-state index contributed by atoms with van der Waals surface area (Å²) < 4.78 is 1.92. The number of thiazole rings is 1. The van der Waals surface area contributed by atoms with Crippen LogP contribution in [0, 0.1) is 6.92 Å². The normalized spacial score (nSPS) is 10.8. The standard InChI is InChI=1S/C16H15N3OS2/c1-10-4-2-3-5-12(10)18-15(20)9-21-16-19-13-7-6-11(17)8-14(13)22-16/h2-8H,9,17H2,1H3,(H,18,20). The third-order valence-electron chi connectivity index (χ3n) is 3.14. The fourth-order valence-electron chi connectivity index (χ4n) is 2.01. The predicted octanol–water partition coefficient (Wildman–Crippen LogP) is 3.92. The number of carbonyl (C=O) groups is 1. The second-order valence-electron chi connectivity index (χ2n) is 4.86. The van der Waals surface area contributed by atoms with Crippen molar-refractivity contribution in [2.45, 2.75) is 11.3 Å². The molecular formula is C16H15N3OS2. The van der Waals surface area contributed by atoms with E-state index in [2.05, 4.69) is 10.3 Å². The molecule has 1 aromatic heterocycles. The van der Waals surface area contributed by atoms with Gasteiger partial charge in [0.15, 0.2) is 4.34 Å². The first-order chi connectivity index (χ1) is 10.6. The maximum atomic E-state index is 12.0. The van der Waals surface area contributed by atoms with Crippen molar-refractivity contribution in [1.29, 1.82) is 0 Å². The molecule has 6 heteroatoms. The number of carbonyl (C=O) groups excluding carboxylic acids is 1. The highest BCUT2D eigenvalue weighted by Crippen LogP contribution is 2.30. The molecular weight excluding hydrogens is 314 g/mol. The van der Waals surface area contributed by atoms with Crippen LogP contribution < -0.4 is 11.1 Å². The lowest BCUT2D eigenvalue weighted by Gasteiger charge is -2.06. The summed E-state index contributed by atoms with van der Waals surface area (Å²) in [7, 11) is 0. The molecule has 4 nitrogen and oxygen atoms in total. The Bertz CT molecular complexity index is 829. The zero-order valence-corrected chi connectivity index (χ0v) is 13.6. The highest BCUT2D eigenvalue weighted by Gasteiger charge is 2.09. The number of benzene rings is 2. The maximum Gasteiger partial charge on any atom is 0.234 e. The zero-order valence-electron chi connectivity index (χ0n) is 12.0. The van der Waals surface area contributed by atoms with E-state index in [4.69, 9.17) is 5.73 Å². The summed E-state index contributed by atoms with van der Waals surface area (Å²) in [4.78, 5) is 16.5. The van der Waals surface area contributed by atoms with Gasteiger partial charge in [0.2, 0.25) is 5.91 Å². The van der Waals surface area contributed by atoms with Gasteiger partial charge >= 0.3 is 0 Å². The van der Waals surface area contributed by atoms with E-state index in [0.29, 0.717) is 5.75 Å². The van der Waals surface area contributed by atoms with Gasteiger partial charge in [-0.15, -0.1) is 11.3 Å². The number of rotatable bonds is 4. The van der Waals surface area contributed by atoms with Gasteiger partial charge < -0.3 is 11.1 Å². The van der Waals surface area contributed by atoms with Crippen molar-refractivity contribution in [3.05, 3.63) is 48.0 Å². The van der Waals surface area contributed by atoms with Crippen molar-refractivity contribution in [3.63, 3.8) is 0 Å². The van der Waals surface area contributed by atoms with Crippen LogP contribution in [0.25, 0.3) is 10.2 Å². The van der Waals surface area contributed by atoms with Crippen LogP contribution in [-0.4, -0.2) is 16.6 Å². The van der Waals surface area contributed by atoms with E-state index in [1.54, 1.807) is 11.3 Å². The Morgan fingerprint density at radius 2 is 2.14 bits per heavy atom. The molecule has 0 fully saturated rings. The predicted molar refractivity (Wildman–Crippen MR) is 94.6 cm³/mol. The Balaban J connectivity index is 1.63. The summed E-state index contributed by atoms with van der Waals surface area (Å²) in [6.07, 6.45) is 0. The van der Waals surface area contributed by atoms with Crippen LogP contribution >= 0.6 is 23.1 Å². The molecule has 112 valence electrons. The number of fused-ring (bicyclic) bond motifs is 1. The smallest absolute Gasteiger partial charge is 0.234 e. The summed E-state index contributed by atoms with van der Waals surface area (Å²) in [5, 5.41) is 2.92. The van der Waals surface area contributed by atoms with Gasteiger partial charge in [-0.1, -0.05) is 30.0 Å². The minimum Gasteiger partial charge on any atom is -0.399 e. The molecule has 0 spiro atoms. The quantitative estimate of drug-likeness (QED) is 0.562. The molecule has 1 heterocycles. The van der Waals surface area contributed by atoms with E-state index in [-0.39, 0.29) is 5.91 Å². The fraction of sp³-hybridized carbons (Fsp3) is 0.125. The second-order valence-corrected chi connectivity index (χ2v) is 7.11. The topological polar surface area (TPSA) is 68.0 Å². The third kappa shape index (κ3) is 3.40. The number of para-hydroxylation sites is 1. The van der Waals surface area contributed by atoms with Crippen LogP contribution in [0.2, 0.25) is 0 Å². The van der Waals surface area contributed by atoms with Crippen molar-refractivity contribution in [2.75, 3.05) is 16.8 Å². The number of nitrogen functional groups attached to an aromatic ring is 1. The van der Waals surface area contributed by atoms with E-state index in [1.807, 2.05) is 49.4 Å². The number of anilines is 2. The second kappa shape index (κ2) is 6.37. The molecule has 3 rings (SSSR count). The molecule has 0 atom stereocenters. The number of nitrogens with one attached hydrogen (secondary N) is 1. The number of nitrogens with two attached hydrogens (primary N) is 1. The van der Waals surface area contributed by atoms with Crippen LogP contribution in [0.5, 0.6) is 0 Å². The Morgan fingerprint density at radius 1 is 1.32 bits per heavy atom. The molecule has 0 saturated carbocycles. The molecule has 2 aromatic carbocycles. The van der Waals surface area contributed by atoms with Crippen molar-refractivity contribution >= 4 is 50.6 Å². The monoisotopic (exact) mass is 329 g/mol. The number of amides is 1. The summed E-state index contributed by atoms with van der Waals surface area (Å²) in [5.74, 6) is 0.307. The fourth-order valence-corrected chi connectivity index (χ4v) is 3.93. The van der Waals surface area contributed by atoms with Crippen molar-refractivity contribution in [3.8, 4) is 0 Å². The first-order valence-corrected chi connectivity index (χ1v) is 8.56. The van der Waals surface area contributed by atoms with Gasteiger partial charge in [0, 0.05) is 11.4 Å². The van der Waals surface area contributed by atoms with Crippen LogP contribution in [0.4, 0.5) is 11.4 Å². The number of hydrogen-bond acceptors (Lipinski definition) is 5. The van der Waals surface area contributed by atoms with Gasteiger partial charge in [0.25, 0.3) is 0 Å². The van der Waals surface area contributed by atoms with Crippen molar-refractivity contribution in [2.24, 2.45) is 0 Å². The molecule has 0 bridgehead atoms. The average Bonchev–Trinajstić information content (AvgIpc) is 2.89. The molecule has 3 N–H and O–H groups in total. The molecule has 3 aromatic rings. The van der Waals surface area contributed by atoms with E-state index in [9.17, 15) is 4.79 Å². The Hall–Kier alpha value is -2.05. The van der Waals surface area contributed by atoms with Gasteiger partial charge in [-0.05, 0) is 36.8 Å². The third-order valence-corrected chi connectivity index (χ3v) is 5.30. The molecule has 0 unspecified atom stereocenters. The summed E-state index contributed by atoms with van der Waals surface area (Å²) in [6, 6.07) is 13.4. The van der Waals surface area contributed by atoms with Gasteiger partial charge in [-0.3, -0.25) is 4.79 Å². The Morgan fingerprint density at radius 3 is 2.95 bits per heavy atom. The summed E-state index contributed by atoms with van der Waals surface area (Å²) in [5.41, 5.74) is 9.31. The van der Waals surface area contributed by atoms with Gasteiger partial charge in [-0.2, -0.15) is 0 Å². The van der Waals surface area contributed by atoms with Crippen LogP contribution in [0.1, 0.15) is 5.56 Å². The lowest BCUT2D eigenvalue weighted by atomic mass is 10.2. The van der Waals surface area contributed by atoms with Gasteiger partial charge in [-0.25, -0.2) is 4.98 Å². The number of aromatic nitrogens is 1. The molecule has 0 aliphatic rings. The number of hydrogen-bond donors (Lipinski definition) is 2. The first-order valence-electron chi connectivity index (χ1n) is 6.76. The SMILES string of the molecule is Cc1ccccc1NC(=O)CSc1nc2ccc(N)cc2s1. The largest absolute Gasteiger partial charge is 0.399 e. The summed E-state index contributed by atoms with van der Waals surface area (Å²) >= 11 is 2.99. The molecule has 1 amide bonds. The average molecular weight is 329 g/mol. The molecule has 22 heavy (non-hydrogen) atoms. The van der Waals surface area contributed by atoms with Crippen molar-refractivity contribution in [1.82, 2.24) is 4.98 Å². The lowest BCUT2D eigenvalue weighted by Crippen LogP contribution is -2.14. The van der Waals surface area contributed by atoms with Crippen LogP contribution in [-0.2, 0) is 4.79 Å². The maximum absolute atomic E-state index is 12.0. The van der Waals surface area contributed by atoms with Crippen LogP contribution in [0.3, 0.4) is 0 Å². The molecule has 0 radical (unpaired) electrons. The minimum atomic E-state index is -0.0296. The number of nitrogens with zero attached hydrogens (tertiary/aromatic N) is 1. The lowest BCUT2D eigenvalue weighted by molar-refractivity contribution is -0.113. The van der Waals surface area contributed by atoms with E-state index < -0.39 is 0 Å². The Labute approximate surface area is 136 Å². The number of thioether (sulfide) groups is 1. The highest BCUT2D eigenvalue weighted by molar-refractivity contribution is 8.01. The van der Waals surface area contributed by atoms with E-state index in [1.165, 1.54) is 11.8 Å². The first kappa shape index (κ1) is 14.9. The molecule has 0 aliphatic carbocycles. The van der Waals surface area contributed by atoms with Gasteiger partial charge in [0.1, 0.15) is 0 Å².